The highest BCUT2D eigenvalue weighted by Crippen LogP contribution is 2.65. The van der Waals surface area contributed by atoms with Crippen LogP contribution >= 0.6 is 7.75 Å². The SMILES string of the molecule is CCCC(NP(=O)(Oc1ccccc1)OC1C2OC(C#N)(C3CC=C4C(N)=NC=NN43)C(C)C21O)C(=O)OCC. The summed E-state index contributed by atoms with van der Waals surface area (Å²) < 4.78 is 37.3. The molecule has 5 rings (SSSR count). The van der Waals surface area contributed by atoms with Gasteiger partial charge in [0.15, 0.2) is 11.4 Å². The number of esters is 1. The first kappa shape index (κ1) is 28.3. The van der Waals surface area contributed by atoms with Crippen molar-refractivity contribution in [2.45, 2.75) is 75.5 Å². The van der Waals surface area contributed by atoms with Crippen molar-refractivity contribution in [2.24, 2.45) is 21.7 Å². The first-order valence-corrected chi connectivity index (χ1v) is 14.8. The lowest BCUT2D eigenvalue weighted by atomic mass is 9.79. The molecule has 0 amide bonds. The lowest BCUT2D eigenvalue weighted by Crippen LogP contribution is -2.56. The highest BCUT2D eigenvalue weighted by Gasteiger charge is 2.83. The van der Waals surface area contributed by atoms with E-state index in [1.165, 1.54) is 6.34 Å². The van der Waals surface area contributed by atoms with E-state index in [0.29, 0.717) is 25.0 Å². The van der Waals surface area contributed by atoms with E-state index < -0.39 is 55.1 Å². The fourth-order valence-corrected chi connectivity index (χ4v) is 7.41. The molecule has 0 spiro atoms. The number of para-hydroxylation sites is 1. The number of aliphatic imine (C=N–C) groups is 1. The third kappa shape index (κ3) is 4.60. The molecule has 13 nitrogen and oxygen atoms in total. The molecule has 8 unspecified atom stereocenters. The summed E-state index contributed by atoms with van der Waals surface area (Å²) in [6, 6.07) is 9.07. The summed E-state index contributed by atoms with van der Waals surface area (Å²) in [7, 11) is -4.28. The fraction of sp³-hybridized carbons (Fsp3) is 0.538. The topological polar surface area (TPSA) is 181 Å². The van der Waals surface area contributed by atoms with Gasteiger partial charge in [0.25, 0.3) is 0 Å². The predicted molar refractivity (Wildman–Crippen MR) is 144 cm³/mol. The van der Waals surface area contributed by atoms with Crippen molar-refractivity contribution in [1.29, 1.82) is 5.26 Å². The van der Waals surface area contributed by atoms with Gasteiger partial charge in [0.2, 0.25) is 0 Å². The number of rotatable bonds is 11. The number of benzene rings is 1. The number of hydrogen-bond donors (Lipinski definition) is 3. The minimum Gasteiger partial charge on any atom is -0.465 e. The Hall–Kier alpha value is -3.27. The molecular formula is C26H33N6O7P. The molecule has 4 aliphatic rings. The number of amidine groups is 1. The number of ether oxygens (including phenoxy) is 2. The number of carbonyl (C=O) groups excluding carboxylic acids is 1. The first-order valence-electron chi connectivity index (χ1n) is 13.3. The molecule has 1 aromatic carbocycles. The molecule has 214 valence electrons. The Morgan fingerprint density at radius 1 is 1.40 bits per heavy atom. The Kier molecular flexibility index (Phi) is 7.50. The number of carbonyl (C=O) groups is 1. The number of nitrogens with zero attached hydrogens (tertiary/aromatic N) is 4. The molecule has 3 aliphatic heterocycles. The molecule has 0 aromatic heterocycles. The van der Waals surface area contributed by atoms with E-state index in [-0.39, 0.29) is 18.2 Å². The number of nitrogens with one attached hydrogen (secondary N) is 1. The maximum atomic E-state index is 14.2. The van der Waals surface area contributed by atoms with Crippen LogP contribution in [-0.4, -0.2) is 70.4 Å². The zero-order chi connectivity index (χ0) is 28.7. The average molecular weight is 573 g/mol. The lowest BCUT2D eigenvalue weighted by Gasteiger charge is -2.40. The van der Waals surface area contributed by atoms with Gasteiger partial charge in [-0.1, -0.05) is 44.5 Å². The van der Waals surface area contributed by atoms with Gasteiger partial charge in [0, 0.05) is 5.92 Å². The van der Waals surface area contributed by atoms with Gasteiger partial charge in [-0.3, -0.25) is 14.3 Å². The third-order valence-electron chi connectivity index (χ3n) is 7.80. The minimum absolute atomic E-state index is 0.147. The summed E-state index contributed by atoms with van der Waals surface area (Å²) in [6.45, 7) is 5.38. The van der Waals surface area contributed by atoms with Crippen LogP contribution in [0.15, 0.2) is 52.2 Å². The molecule has 1 saturated heterocycles. The van der Waals surface area contributed by atoms with Crippen LogP contribution in [0.5, 0.6) is 5.75 Å². The normalized spacial score (nSPS) is 34.0. The number of fused-ring (bicyclic) bond motifs is 2. The second-order valence-corrected chi connectivity index (χ2v) is 11.8. The smallest absolute Gasteiger partial charge is 0.459 e. The average Bonchev–Trinajstić information content (AvgIpc) is 3.20. The quantitative estimate of drug-likeness (QED) is 0.261. The van der Waals surface area contributed by atoms with Crippen LogP contribution in [0.4, 0.5) is 0 Å². The predicted octanol–water partition coefficient (Wildman–Crippen LogP) is 2.19. The Balaban J connectivity index is 1.38. The van der Waals surface area contributed by atoms with Crippen molar-refractivity contribution < 1.29 is 33.0 Å². The van der Waals surface area contributed by atoms with E-state index in [4.69, 9.17) is 24.3 Å². The first-order chi connectivity index (χ1) is 19.1. The standard InChI is InChI=1S/C26H33N6O7P/c1-4-9-18(24(33)36-5-2)31-40(35,38-17-10-7-6-8-11-17)39-22-21-26(22,34)16(3)25(14-27,37-21)20-13-12-19-23(28)29-15-30-32(19)20/h6-8,10-12,15-16,18,20-22,34H,4-5,9,13H2,1-3H3,(H,31,35)(H2,28,29,30). The van der Waals surface area contributed by atoms with E-state index in [0.717, 1.165) is 0 Å². The van der Waals surface area contributed by atoms with Gasteiger partial charge in [-0.15, -0.1) is 0 Å². The summed E-state index contributed by atoms with van der Waals surface area (Å²) in [6.07, 6.45) is 2.35. The Bertz CT molecular complexity index is 1330. The Morgan fingerprint density at radius 3 is 2.77 bits per heavy atom. The second-order valence-electron chi connectivity index (χ2n) is 10.1. The van der Waals surface area contributed by atoms with Crippen molar-refractivity contribution in [2.75, 3.05) is 6.61 Å². The van der Waals surface area contributed by atoms with E-state index in [9.17, 15) is 19.7 Å². The molecule has 1 aliphatic carbocycles. The van der Waals surface area contributed by atoms with E-state index >= 15 is 0 Å². The van der Waals surface area contributed by atoms with Gasteiger partial charge >= 0.3 is 13.7 Å². The molecule has 4 N–H and O–H groups in total. The molecule has 0 radical (unpaired) electrons. The highest BCUT2D eigenvalue weighted by atomic mass is 31.2. The van der Waals surface area contributed by atoms with Crippen molar-refractivity contribution in [1.82, 2.24) is 10.1 Å². The van der Waals surface area contributed by atoms with E-state index in [2.05, 4.69) is 21.3 Å². The maximum Gasteiger partial charge on any atom is 0.459 e. The molecule has 1 aromatic rings. The molecule has 1 saturated carbocycles. The zero-order valence-corrected chi connectivity index (χ0v) is 23.4. The van der Waals surface area contributed by atoms with Crippen LogP contribution < -0.4 is 15.3 Å². The largest absolute Gasteiger partial charge is 0.465 e. The van der Waals surface area contributed by atoms with Crippen LogP contribution in [0.2, 0.25) is 0 Å². The zero-order valence-electron chi connectivity index (χ0n) is 22.5. The van der Waals surface area contributed by atoms with E-state index in [1.807, 2.05) is 13.0 Å². The number of nitriles is 1. The lowest BCUT2D eigenvalue weighted by molar-refractivity contribution is -0.145. The molecule has 40 heavy (non-hydrogen) atoms. The van der Waals surface area contributed by atoms with Crippen LogP contribution in [0.25, 0.3) is 0 Å². The van der Waals surface area contributed by atoms with Crippen molar-refractivity contribution >= 4 is 25.9 Å². The maximum absolute atomic E-state index is 14.2. The minimum atomic E-state index is -4.28. The van der Waals surface area contributed by atoms with Gasteiger partial charge in [-0.05, 0) is 31.9 Å². The number of nitrogens with two attached hydrogens (primary N) is 1. The highest BCUT2D eigenvalue weighted by molar-refractivity contribution is 7.52. The molecule has 14 heteroatoms. The molecule has 2 fully saturated rings. The Morgan fingerprint density at radius 2 is 2.15 bits per heavy atom. The summed E-state index contributed by atoms with van der Waals surface area (Å²) in [5.74, 6) is -0.867. The van der Waals surface area contributed by atoms with Crippen molar-refractivity contribution in [3.8, 4) is 11.8 Å². The fourth-order valence-electron chi connectivity index (χ4n) is 5.66. The monoisotopic (exact) mass is 572 g/mol. The molecule has 8 atom stereocenters. The molecule has 3 heterocycles. The van der Waals surface area contributed by atoms with Crippen LogP contribution in [-0.2, 0) is 23.4 Å². The second kappa shape index (κ2) is 10.6. The third-order valence-corrected chi connectivity index (χ3v) is 9.39. The van der Waals surface area contributed by atoms with Gasteiger partial charge in [0.1, 0.15) is 42.0 Å². The van der Waals surface area contributed by atoms with Crippen molar-refractivity contribution in [3.05, 3.63) is 42.1 Å². The number of hydrazone groups is 1. The van der Waals surface area contributed by atoms with Crippen LogP contribution in [0.1, 0.15) is 40.0 Å². The molecular weight excluding hydrogens is 539 g/mol. The summed E-state index contributed by atoms with van der Waals surface area (Å²) in [5, 5.41) is 30.6. The van der Waals surface area contributed by atoms with Gasteiger partial charge in [0.05, 0.1) is 18.3 Å². The Labute approximate surface area is 232 Å². The molecule has 0 bridgehead atoms. The summed E-state index contributed by atoms with van der Waals surface area (Å²) in [5.41, 5.74) is 3.44. The van der Waals surface area contributed by atoms with Crippen LogP contribution in [0.3, 0.4) is 0 Å². The summed E-state index contributed by atoms with van der Waals surface area (Å²) >= 11 is 0. The van der Waals surface area contributed by atoms with E-state index in [1.54, 1.807) is 49.2 Å². The van der Waals surface area contributed by atoms with Gasteiger partial charge in [-0.2, -0.15) is 15.5 Å². The van der Waals surface area contributed by atoms with Gasteiger partial charge in [-0.25, -0.2) is 9.56 Å². The number of aliphatic hydroxyl groups is 1. The number of hydrogen-bond acceptors (Lipinski definition) is 12. The van der Waals surface area contributed by atoms with Gasteiger partial charge < -0.3 is 24.8 Å². The summed E-state index contributed by atoms with van der Waals surface area (Å²) in [4.78, 5) is 16.6. The van der Waals surface area contributed by atoms with Crippen molar-refractivity contribution in [3.63, 3.8) is 0 Å². The van der Waals surface area contributed by atoms with Crippen LogP contribution in [0, 0.1) is 17.2 Å².